The summed E-state index contributed by atoms with van der Waals surface area (Å²) in [5.41, 5.74) is 6.81. The molecule has 0 spiro atoms. The van der Waals surface area contributed by atoms with E-state index in [2.05, 4.69) is 0 Å². The van der Waals surface area contributed by atoms with E-state index in [1.165, 1.54) is 0 Å². The largest absolute Gasteiger partial charge is 0.330 e. The lowest BCUT2D eigenvalue weighted by Gasteiger charge is -2.28. The van der Waals surface area contributed by atoms with Crippen molar-refractivity contribution in [3.05, 3.63) is 35.9 Å². The van der Waals surface area contributed by atoms with Crippen molar-refractivity contribution in [3.8, 4) is 0 Å². The number of rotatable bonds is 6. The van der Waals surface area contributed by atoms with Gasteiger partial charge in [-0.1, -0.05) is 36.8 Å². The zero-order chi connectivity index (χ0) is 14.6. The highest BCUT2D eigenvalue weighted by Crippen LogP contribution is 2.30. The van der Waals surface area contributed by atoms with Gasteiger partial charge in [0.25, 0.3) is 0 Å². The minimum absolute atomic E-state index is 0.0840. The van der Waals surface area contributed by atoms with Gasteiger partial charge in [0.15, 0.2) is 0 Å². The third kappa shape index (κ3) is 3.59. The van der Waals surface area contributed by atoms with Gasteiger partial charge in [0, 0.05) is 13.1 Å². The molecule has 1 fully saturated rings. The second kappa shape index (κ2) is 6.70. The molecule has 112 valence electrons. The van der Waals surface area contributed by atoms with Crippen molar-refractivity contribution in [3.63, 3.8) is 0 Å². The van der Waals surface area contributed by atoms with E-state index in [0.717, 1.165) is 24.8 Å². The molecule has 2 rings (SSSR count). The third-order valence-electron chi connectivity index (χ3n) is 4.32. The fourth-order valence-electron chi connectivity index (χ4n) is 3.01. The molecule has 0 aliphatic heterocycles. The molecular formula is C15H24N2O2S. The van der Waals surface area contributed by atoms with Crippen LogP contribution in [0.2, 0.25) is 0 Å². The van der Waals surface area contributed by atoms with Gasteiger partial charge in [-0.2, -0.15) is 0 Å². The van der Waals surface area contributed by atoms with E-state index in [9.17, 15) is 8.42 Å². The summed E-state index contributed by atoms with van der Waals surface area (Å²) >= 11 is 0. The summed E-state index contributed by atoms with van der Waals surface area (Å²) in [5.74, 6) is 0.480. The Hall–Kier alpha value is -0.910. The average Bonchev–Trinajstić information content (AvgIpc) is 2.93. The molecule has 0 bridgehead atoms. The quantitative estimate of drug-likeness (QED) is 0.867. The maximum atomic E-state index is 12.4. The van der Waals surface area contributed by atoms with Crippen LogP contribution in [0.4, 0.5) is 0 Å². The maximum absolute atomic E-state index is 12.4. The standard InChI is InChI=1S/C15H24N2O2S/c1-17(15-9-5-8-14(15)12-16)20(18,19)11-10-13-6-3-2-4-7-13/h2-4,6-7,14-15H,5,8-12,16H2,1H3. The van der Waals surface area contributed by atoms with Gasteiger partial charge in [0.1, 0.15) is 0 Å². The van der Waals surface area contributed by atoms with Gasteiger partial charge in [-0.05, 0) is 37.3 Å². The first-order chi connectivity index (χ1) is 9.54. The van der Waals surface area contributed by atoms with Crippen molar-refractivity contribution < 1.29 is 8.42 Å². The van der Waals surface area contributed by atoms with Gasteiger partial charge in [-0.25, -0.2) is 12.7 Å². The molecule has 0 aromatic heterocycles. The highest BCUT2D eigenvalue weighted by molar-refractivity contribution is 7.89. The first-order valence-electron chi connectivity index (χ1n) is 7.24. The van der Waals surface area contributed by atoms with Crippen LogP contribution in [0.5, 0.6) is 0 Å². The van der Waals surface area contributed by atoms with Gasteiger partial charge < -0.3 is 5.73 Å². The fourth-order valence-corrected chi connectivity index (χ4v) is 4.48. The van der Waals surface area contributed by atoms with Crippen LogP contribution in [-0.2, 0) is 16.4 Å². The van der Waals surface area contributed by atoms with Crippen LogP contribution in [0.15, 0.2) is 30.3 Å². The van der Waals surface area contributed by atoms with Gasteiger partial charge in [-0.3, -0.25) is 0 Å². The van der Waals surface area contributed by atoms with E-state index in [1.807, 2.05) is 30.3 Å². The maximum Gasteiger partial charge on any atom is 0.214 e. The molecule has 1 aromatic rings. The van der Waals surface area contributed by atoms with Crippen LogP contribution >= 0.6 is 0 Å². The number of hydrogen-bond donors (Lipinski definition) is 1. The Labute approximate surface area is 122 Å². The SMILES string of the molecule is CN(C1CCCC1CN)S(=O)(=O)CCc1ccccc1. The molecule has 1 aliphatic rings. The van der Waals surface area contributed by atoms with Gasteiger partial charge in [-0.15, -0.1) is 0 Å². The Morgan fingerprint density at radius 2 is 1.95 bits per heavy atom. The first-order valence-corrected chi connectivity index (χ1v) is 8.85. The molecular weight excluding hydrogens is 272 g/mol. The third-order valence-corrected chi connectivity index (χ3v) is 6.19. The molecule has 2 unspecified atom stereocenters. The number of nitrogens with two attached hydrogens (primary N) is 1. The number of aryl methyl sites for hydroxylation is 1. The summed E-state index contributed by atoms with van der Waals surface area (Å²) in [6, 6.07) is 9.83. The van der Waals surface area contributed by atoms with E-state index < -0.39 is 10.0 Å². The Morgan fingerprint density at radius 3 is 2.60 bits per heavy atom. The van der Waals surface area contributed by atoms with Crippen LogP contribution in [0, 0.1) is 5.92 Å². The van der Waals surface area contributed by atoms with Gasteiger partial charge in [0.05, 0.1) is 5.75 Å². The number of benzene rings is 1. The monoisotopic (exact) mass is 296 g/mol. The molecule has 20 heavy (non-hydrogen) atoms. The highest BCUT2D eigenvalue weighted by Gasteiger charge is 2.34. The molecule has 5 heteroatoms. The number of hydrogen-bond acceptors (Lipinski definition) is 3. The number of nitrogens with zero attached hydrogens (tertiary/aromatic N) is 1. The predicted molar refractivity (Wildman–Crippen MR) is 81.9 cm³/mol. The summed E-state index contributed by atoms with van der Waals surface area (Å²) in [6.45, 7) is 0.573. The van der Waals surface area contributed by atoms with Crippen molar-refractivity contribution in [1.82, 2.24) is 4.31 Å². The summed E-state index contributed by atoms with van der Waals surface area (Å²) in [6.07, 6.45) is 3.61. The molecule has 0 amide bonds. The van der Waals surface area contributed by atoms with E-state index in [-0.39, 0.29) is 11.8 Å². The lowest BCUT2D eigenvalue weighted by Crippen LogP contribution is -2.42. The normalized spacial score (nSPS) is 23.4. The molecule has 4 nitrogen and oxygen atoms in total. The molecule has 1 aromatic carbocycles. The lowest BCUT2D eigenvalue weighted by molar-refractivity contribution is 0.304. The van der Waals surface area contributed by atoms with E-state index in [4.69, 9.17) is 5.73 Å². The van der Waals surface area contributed by atoms with E-state index in [1.54, 1.807) is 11.4 Å². The Morgan fingerprint density at radius 1 is 1.25 bits per heavy atom. The predicted octanol–water partition coefficient (Wildman–Crippen LogP) is 1.62. The Kier molecular flexibility index (Phi) is 5.18. The van der Waals surface area contributed by atoms with Crippen LogP contribution in [0.1, 0.15) is 24.8 Å². The molecule has 0 radical (unpaired) electrons. The van der Waals surface area contributed by atoms with Crippen LogP contribution in [0.3, 0.4) is 0 Å². The second-order valence-electron chi connectivity index (χ2n) is 5.56. The van der Waals surface area contributed by atoms with E-state index in [0.29, 0.717) is 18.9 Å². The van der Waals surface area contributed by atoms with Crippen molar-refractivity contribution >= 4 is 10.0 Å². The molecule has 0 heterocycles. The molecule has 0 saturated heterocycles. The summed E-state index contributed by atoms with van der Waals surface area (Å²) in [5, 5.41) is 0. The Bertz CT molecular complexity index is 516. The van der Waals surface area contributed by atoms with Gasteiger partial charge >= 0.3 is 0 Å². The summed E-state index contributed by atoms with van der Waals surface area (Å²) in [4.78, 5) is 0. The average molecular weight is 296 g/mol. The molecule has 1 saturated carbocycles. The van der Waals surface area contributed by atoms with Crippen molar-refractivity contribution in [2.75, 3.05) is 19.3 Å². The van der Waals surface area contributed by atoms with Crippen LogP contribution in [-0.4, -0.2) is 38.1 Å². The first kappa shape index (κ1) is 15.5. The van der Waals surface area contributed by atoms with Crippen molar-refractivity contribution in [1.29, 1.82) is 0 Å². The van der Waals surface area contributed by atoms with Crippen molar-refractivity contribution in [2.45, 2.75) is 31.7 Å². The smallest absolute Gasteiger partial charge is 0.214 e. The zero-order valence-corrected chi connectivity index (χ0v) is 12.8. The minimum atomic E-state index is -3.21. The topological polar surface area (TPSA) is 63.4 Å². The summed E-state index contributed by atoms with van der Waals surface area (Å²) in [7, 11) is -1.50. The molecule has 2 atom stereocenters. The highest BCUT2D eigenvalue weighted by atomic mass is 32.2. The minimum Gasteiger partial charge on any atom is -0.330 e. The molecule has 2 N–H and O–H groups in total. The zero-order valence-electron chi connectivity index (χ0n) is 12.0. The van der Waals surface area contributed by atoms with Crippen LogP contribution in [0.25, 0.3) is 0 Å². The fraction of sp³-hybridized carbons (Fsp3) is 0.600. The van der Waals surface area contributed by atoms with Crippen molar-refractivity contribution in [2.24, 2.45) is 11.7 Å². The van der Waals surface area contributed by atoms with E-state index >= 15 is 0 Å². The molecule has 1 aliphatic carbocycles. The van der Waals surface area contributed by atoms with Gasteiger partial charge in [0.2, 0.25) is 10.0 Å². The number of sulfonamides is 1. The van der Waals surface area contributed by atoms with Crippen LogP contribution < -0.4 is 5.73 Å². The lowest BCUT2D eigenvalue weighted by atomic mass is 10.0. The second-order valence-corrected chi connectivity index (χ2v) is 7.71. The Balaban J connectivity index is 1.99. The summed E-state index contributed by atoms with van der Waals surface area (Å²) < 4.78 is 26.4.